The van der Waals surface area contributed by atoms with Crippen LogP contribution in [0.2, 0.25) is 0 Å². The molecule has 4 heteroatoms. The first kappa shape index (κ1) is 12.9. The number of fused-ring (bicyclic) bond motifs is 1. The van der Waals surface area contributed by atoms with Crippen LogP contribution >= 0.6 is 0 Å². The van der Waals surface area contributed by atoms with Crippen molar-refractivity contribution in [2.24, 2.45) is 0 Å². The Morgan fingerprint density at radius 1 is 1.22 bits per heavy atom. The van der Waals surface area contributed by atoms with Gasteiger partial charge in [0.25, 0.3) is 0 Å². The highest BCUT2D eigenvalue weighted by molar-refractivity contribution is 6.05. The maximum absolute atomic E-state index is 14.5. The van der Waals surface area contributed by atoms with Gasteiger partial charge in [0, 0.05) is 17.7 Å². The topological polar surface area (TPSA) is 42.3 Å². The highest BCUT2D eigenvalue weighted by Crippen LogP contribution is 2.38. The quantitative estimate of drug-likeness (QED) is 0.828. The molecule has 0 aromatic rings. The highest BCUT2D eigenvalue weighted by Gasteiger charge is 2.30. The minimum atomic E-state index is -0.438. The summed E-state index contributed by atoms with van der Waals surface area (Å²) in [5, 5.41) is 7.83. The van der Waals surface area contributed by atoms with Gasteiger partial charge in [-0.05, 0) is 32.3 Å². The first-order chi connectivity index (χ1) is 8.69. The number of allylic oxidation sites excluding steroid dienone is 4. The zero-order chi connectivity index (χ0) is 13.1. The molecule has 1 fully saturated rings. The molecule has 0 amide bonds. The van der Waals surface area contributed by atoms with Crippen LogP contribution in [0.1, 0.15) is 33.1 Å². The lowest BCUT2D eigenvalue weighted by atomic mass is 10.1. The van der Waals surface area contributed by atoms with E-state index in [1.54, 1.807) is 0 Å². The normalized spacial score (nSPS) is 19.7. The van der Waals surface area contributed by atoms with Gasteiger partial charge in [-0.25, -0.2) is 4.39 Å². The van der Waals surface area contributed by atoms with E-state index in [0.717, 1.165) is 12.0 Å². The molecule has 3 nitrogen and oxygen atoms in total. The van der Waals surface area contributed by atoms with Gasteiger partial charge in [-0.1, -0.05) is 6.08 Å². The van der Waals surface area contributed by atoms with Crippen LogP contribution in [0.15, 0.2) is 34.6 Å². The average Bonchev–Trinajstić information content (AvgIpc) is 2.66. The molecular formula is C14H18FNO2. The highest BCUT2D eigenvalue weighted by atomic mass is 19.1. The molecule has 1 N–H and O–H groups in total. The predicted molar refractivity (Wildman–Crippen MR) is 68.1 cm³/mol. The molecule has 0 spiro atoms. The van der Waals surface area contributed by atoms with Crippen molar-refractivity contribution < 1.29 is 13.9 Å². The van der Waals surface area contributed by atoms with E-state index in [1.807, 2.05) is 19.9 Å². The Bertz CT molecular complexity index is 460. The van der Waals surface area contributed by atoms with Crippen molar-refractivity contribution in [3.05, 3.63) is 34.6 Å². The largest absolute Gasteiger partial charge is 0.494 e. The Balaban J connectivity index is 2.48. The maximum Gasteiger partial charge on any atom is 0.193 e. The number of nitrogens with one attached hydrogen (secondary N) is 1. The Labute approximate surface area is 106 Å². The molecule has 2 aliphatic carbocycles. The fourth-order valence-electron chi connectivity index (χ4n) is 2.31. The summed E-state index contributed by atoms with van der Waals surface area (Å²) in [5.41, 5.74) is 1.67. The van der Waals surface area contributed by atoms with E-state index in [2.05, 4.69) is 0 Å². The molecule has 0 atom stereocenters. The van der Waals surface area contributed by atoms with Gasteiger partial charge < -0.3 is 14.9 Å². The van der Waals surface area contributed by atoms with Crippen molar-refractivity contribution in [3.63, 3.8) is 0 Å². The summed E-state index contributed by atoms with van der Waals surface area (Å²) < 4.78 is 25.4. The number of ether oxygens (including phenoxy) is 2. The molecule has 2 aliphatic rings. The van der Waals surface area contributed by atoms with Gasteiger partial charge in [0.2, 0.25) is 0 Å². The van der Waals surface area contributed by atoms with Gasteiger partial charge in [-0.15, -0.1) is 0 Å². The first-order valence-corrected chi connectivity index (χ1v) is 6.35. The third kappa shape index (κ3) is 2.19. The van der Waals surface area contributed by atoms with Crippen LogP contribution in [0.5, 0.6) is 0 Å². The van der Waals surface area contributed by atoms with Crippen molar-refractivity contribution in [1.82, 2.24) is 0 Å². The van der Waals surface area contributed by atoms with E-state index in [-0.39, 0.29) is 5.76 Å². The fraction of sp³-hybridized carbons (Fsp3) is 0.500. The summed E-state index contributed by atoms with van der Waals surface area (Å²) in [4.78, 5) is 0. The van der Waals surface area contributed by atoms with Crippen LogP contribution in [-0.4, -0.2) is 18.9 Å². The zero-order valence-corrected chi connectivity index (χ0v) is 10.8. The summed E-state index contributed by atoms with van der Waals surface area (Å²) in [7, 11) is 0. The summed E-state index contributed by atoms with van der Waals surface area (Å²) in [6.45, 7) is 4.54. The van der Waals surface area contributed by atoms with Crippen LogP contribution in [-0.2, 0) is 9.47 Å². The Kier molecular flexibility index (Phi) is 3.84. The standard InChI is InChI=1S/C14H18FNO2/c1-3-17-11-8-6-9-5-7-10(16)12(9)13(15)14(11)18-4-2/h6,16H,3-5,7-8H2,1-2H3. The maximum atomic E-state index is 14.5. The molecule has 0 bridgehead atoms. The summed E-state index contributed by atoms with van der Waals surface area (Å²) >= 11 is 0. The second kappa shape index (κ2) is 5.38. The molecule has 0 aliphatic heterocycles. The molecule has 0 unspecified atom stereocenters. The van der Waals surface area contributed by atoms with E-state index >= 15 is 0 Å². The molecule has 18 heavy (non-hydrogen) atoms. The van der Waals surface area contributed by atoms with Gasteiger partial charge in [-0.3, -0.25) is 0 Å². The Morgan fingerprint density at radius 2 is 1.94 bits per heavy atom. The summed E-state index contributed by atoms with van der Waals surface area (Å²) in [6.07, 6.45) is 3.83. The summed E-state index contributed by atoms with van der Waals surface area (Å²) in [5.74, 6) is 0.262. The van der Waals surface area contributed by atoms with E-state index in [9.17, 15) is 4.39 Å². The van der Waals surface area contributed by atoms with Crippen molar-refractivity contribution in [3.8, 4) is 0 Å². The minimum Gasteiger partial charge on any atom is -0.494 e. The third-order valence-electron chi connectivity index (χ3n) is 3.08. The Hall–Kier alpha value is -1.58. The molecule has 98 valence electrons. The SMILES string of the molecule is CCOC1=C(OCC)C(F)=C2C(=N)CCC2=CC1. The first-order valence-electron chi connectivity index (χ1n) is 6.35. The van der Waals surface area contributed by atoms with Crippen LogP contribution < -0.4 is 0 Å². The molecule has 0 aromatic carbocycles. The lowest BCUT2D eigenvalue weighted by molar-refractivity contribution is 0.162. The van der Waals surface area contributed by atoms with Gasteiger partial charge in [0.1, 0.15) is 5.76 Å². The third-order valence-corrected chi connectivity index (χ3v) is 3.08. The molecular weight excluding hydrogens is 233 g/mol. The van der Waals surface area contributed by atoms with Gasteiger partial charge in [-0.2, -0.15) is 0 Å². The molecule has 2 rings (SSSR count). The molecule has 0 heterocycles. The number of rotatable bonds is 4. The van der Waals surface area contributed by atoms with E-state index in [1.165, 1.54) is 0 Å². The van der Waals surface area contributed by atoms with Crippen molar-refractivity contribution >= 4 is 5.71 Å². The molecule has 0 radical (unpaired) electrons. The van der Waals surface area contributed by atoms with Crippen LogP contribution in [0.3, 0.4) is 0 Å². The van der Waals surface area contributed by atoms with Gasteiger partial charge in [0.05, 0.1) is 13.2 Å². The Morgan fingerprint density at radius 3 is 2.61 bits per heavy atom. The van der Waals surface area contributed by atoms with Crippen molar-refractivity contribution in [2.45, 2.75) is 33.1 Å². The smallest absolute Gasteiger partial charge is 0.193 e. The van der Waals surface area contributed by atoms with Gasteiger partial charge >= 0.3 is 0 Å². The lowest BCUT2D eigenvalue weighted by Gasteiger charge is -2.13. The number of hydrogen-bond donors (Lipinski definition) is 1. The van der Waals surface area contributed by atoms with Crippen LogP contribution in [0, 0.1) is 5.41 Å². The number of halogens is 1. The fourth-order valence-corrected chi connectivity index (χ4v) is 2.31. The number of hydrogen-bond acceptors (Lipinski definition) is 3. The van der Waals surface area contributed by atoms with Crippen molar-refractivity contribution in [2.75, 3.05) is 13.2 Å². The predicted octanol–water partition coefficient (Wildman–Crippen LogP) is 3.64. The minimum absolute atomic E-state index is 0.173. The zero-order valence-electron chi connectivity index (χ0n) is 10.8. The molecule has 0 saturated heterocycles. The molecule has 1 saturated carbocycles. The van der Waals surface area contributed by atoms with E-state index in [0.29, 0.717) is 43.1 Å². The lowest BCUT2D eigenvalue weighted by Crippen LogP contribution is -2.04. The average molecular weight is 251 g/mol. The summed E-state index contributed by atoms with van der Waals surface area (Å²) in [6, 6.07) is 0. The van der Waals surface area contributed by atoms with E-state index in [4.69, 9.17) is 14.9 Å². The van der Waals surface area contributed by atoms with Crippen LogP contribution in [0.25, 0.3) is 0 Å². The van der Waals surface area contributed by atoms with Crippen LogP contribution in [0.4, 0.5) is 4.39 Å². The van der Waals surface area contributed by atoms with E-state index < -0.39 is 5.83 Å². The van der Waals surface area contributed by atoms with Gasteiger partial charge in [0.15, 0.2) is 11.6 Å². The molecule has 0 aromatic heterocycles. The second-order valence-corrected chi connectivity index (χ2v) is 4.22. The van der Waals surface area contributed by atoms with Crippen molar-refractivity contribution in [1.29, 1.82) is 5.41 Å². The second-order valence-electron chi connectivity index (χ2n) is 4.22. The monoisotopic (exact) mass is 251 g/mol.